The Hall–Kier alpha value is -1.19. The molecule has 0 aliphatic rings. The first-order chi connectivity index (χ1) is 7.20. The number of hydrogen-bond donors (Lipinski definition) is 1. The van der Waals surface area contributed by atoms with Crippen LogP contribution < -0.4 is 10.0 Å². The molecule has 2 N–H and O–H groups in total. The van der Waals surface area contributed by atoms with Crippen LogP contribution in [0.5, 0.6) is 0 Å². The predicted octanol–water partition coefficient (Wildman–Crippen LogP) is 2.87. The van der Waals surface area contributed by atoms with E-state index in [0.717, 1.165) is 4.90 Å². The van der Waals surface area contributed by atoms with Crippen molar-refractivity contribution in [2.45, 2.75) is 4.90 Å². The Kier molecular flexibility index (Phi) is 2.84. The second-order valence-electron chi connectivity index (χ2n) is 3.71. The molecule has 3 heteroatoms. The van der Waals surface area contributed by atoms with E-state index in [-0.39, 0.29) is 0 Å². The molecule has 0 saturated heterocycles. The zero-order valence-electron chi connectivity index (χ0n) is 8.90. The maximum absolute atomic E-state index is 5.53. The summed E-state index contributed by atoms with van der Waals surface area (Å²) in [6.45, 7) is 0. The van der Waals surface area contributed by atoms with Crippen molar-refractivity contribution in [3.05, 3.63) is 36.4 Å². The van der Waals surface area contributed by atoms with Gasteiger partial charge in [-0.2, -0.15) is 0 Å². The predicted molar refractivity (Wildman–Crippen MR) is 68.3 cm³/mol. The standard InChI is InChI=1S/C12H14N2S/c1-14(2)11-5-3-10-8-12(15-13)6-4-9(10)7-11/h3-8H,13H2,1-2H3. The maximum atomic E-state index is 5.53. The second kappa shape index (κ2) is 4.13. The monoisotopic (exact) mass is 218 g/mol. The van der Waals surface area contributed by atoms with Crippen LogP contribution in [0.2, 0.25) is 0 Å². The molecule has 0 fully saturated rings. The number of fused-ring (bicyclic) bond motifs is 1. The Balaban J connectivity index is 2.55. The van der Waals surface area contributed by atoms with E-state index < -0.39 is 0 Å². The van der Waals surface area contributed by atoms with Gasteiger partial charge in [-0.15, -0.1) is 0 Å². The van der Waals surface area contributed by atoms with Crippen molar-refractivity contribution in [1.29, 1.82) is 0 Å². The van der Waals surface area contributed by atoms with Gasteiger partial charge in [0.25, 0.3) is 0 Å². The summed E-state index contributed by atoms with van der Waals surface area (Å²) in [6, 6.07) is 12.7. The van der Waals surface area contributed by atoms with E-state index in [9.17, 15) is 0 Å². The van der Waals surface area contributed by atoms with Crippen LogP contribution in [0.1, 0.15) is 0 Å². The minimum absolute atomic E-state index is 1.10. The van der Waals surface area contributed by atoms with Crippen LogP contribution in [-0.2, 0) is 0 Å². The molecule has 0 heterocycles. The molecule has 0 radical (unpaired) electrons. The van der Waals surface area contributed by atoms with Crippen molar-refractivity contribution >= 4 is 28.4 Å². The summed E-state index contributed by atoms with van der Waals surface area (Å²) >= 11 is 1.28. The number of nitrogens with two attached hydrogens (primary N) is 1. The molecule has 2 nitrogen and oxygen atoms in total. The molecule has 0 amide bonds. The molecular formula is C12H14N2S. The fourth-order valence-electron chi connectivity index (χ4n) is 1.56. The van der Waals surface area contributed by atoms with Crippen molar-refractivity contribution in [3.8, 4) is 0 Å². The highest BCUT2D eigenvalue weighted by atomic mass is 32.2. The van der Waals surface area contributed by atoms with Crippen molar-refractivity contribution in [2.75, 3.05) is 19.0 Å². The summed E-state index contributed by atoms with van der Waals surface area (Å²) < 4.78 is 0. The first-order valence-corrected chi connectivity index (χ1v) is 5.66. The fourth-order valence-corrected chi connectivity index (χ4v) is 1.90. The zero-order chi connectivity index (χ0) is 10.8. The molecule has 0 spiro atoms. The van der Waals surface area contributed by atoms with Crippen molar-refractivity contribution in [2.24, 2.45) is 5.14 Å². The summed E-state index contributed by atoms with van der Waals surface area (Å²) in [7, 11) is 4.09. The molecule has 0 atom stereocenters. The third-order valence-electron chi connectivity index (χ3n) is 2.45. The quantitative estimate of drug-likeness (QED) is 0.786. The first-order valence-electron chi connectivity index (χ1n) is 4.78. The Morgan fingerprint density at radius 3 is 2.33 bits per heavy atom. The summed E-state index contributed by atoms with van der Waals surface area (Å²) in [5.74, 6) is 0. The lowest BCUT2D eigenvalue weighted by Gasteiger charge is -2.13. The first kappa shape index (κ1) is 10.3. The molecule has 2 aromatic carbocycles. The zero-order valence-corrected chi connectivity index (χ0v) is 9.71. The van der Waals surface area contributed by atoms with E-state index in [4.69, 9.17) is 5.14 Å². The highest BCUT2D eigenvalue weighted by Crippen LogP contribution is 2.24. The molecule has 0 aromatic heterocycles. The van der Waals surface area contributed by atoms with Gasteiger partial charge >= 0.3 is 0 Å². The Morgan fingerprint density at radius 2 is 1.67 bits per heavy atom. The van der Waals surface area contributed by atoms with E-state index in [1.807, 2.05) is 20.2 Å². The number of anilines is 1. The third-order valence-corrected chi connectivity index (χ3v) is 2.97. The fraction of sp³-hybridized carbons (Fsp3) is 0.167. The van der Waals surface area contributed by atoms with Gasteiger partial charge in [-0.3, -0.25) is 5.14 Å². The number of nitrogens with zero attached hydrogens (tertiary/aromatic N) is 1. The molecule has 0 aliphatic heterocycles. The lowest BCUT2D eigenvalue weighted by molar-refractivity contribution is 1.13. The molecule has 2 rings (SSSR count). The normalized spacial score (nSPS) is 10.6. The topological polar surface area (TPSA) is 29.3 Å². The molecule has 0 aliphatic carbocycles. The molecule has 2 aromatic rings. The number of benzene rings is 2. The van der Waals surface area contributed by atoms with Crippen LogP contribution in [0.25, 0.3) is 10.8 Å². The van der Waals surface area contributed by atoms with Crippen molar-refractivity contribution in [3.63, 3.8) is 0 Å². The van der Waals surface area contributed by atoms with Gasteiger partial charge < -0.3 is 4.90 Å². The van der Waals surface area contributed by atoms with E-state index in [0.29, 0.717) is 0 Å². The van der Waals surface area contributed by atoms with Crippen molar-refractivity contribution in [1.82, 2.24) is 0 Å². The van der Waals surface area contributed by atoms with Crippen LogP contribution in [0.15, 0.2) is 41.3 Å². The molecule has 0 unspecified atom stereocenters. The lowest BCUT2D eigenvalue weighted by atomic mass is 10.1. The summed E-state index contributed by atoms with van der Waals surface area (Å²) in [5.41, 5.74) is 1.22. The van der Waals surface area contributed by atoms with Gasteiger partial charge in [0, 0.05) is 24.7 Å². The van der Waals surface area contributed by atoms with Gasteiger partial charge in [0.15, 0.2) is 0 Å². The minimum atomic E-state index is 1.10. The Labute approximate surface area is 94.2 Å². The lowest BCUT2D eigenvalue weighted by Crippen LogP contribution is -2.07. The SMILES string of the molecule is CN(C)c1ccc2cc(SN)ccc2c1. The maximum Gasteiger partial charge on any atom is 0.0367 e. The van der Waals surface area contributed by atoms with Crippen molar-refractivity contribution < 1.29 is 0 Å². The van der Waals surface area contributed by atoms with Crippen LogP contribution >= 0.6 is 11.9 Å². The molecule has 0 bridgehead atoms. The molecule has 15 heavy (non-hydrogen) atoms. The van der Waals surface area contributed by atoms with Gasteiger partial charge in [-0.05, 0) is 47.0 Å². The van der Waals surface area contributed by atoms with Crippen LogP contribution in [-0.4, -0.2) is 14.1 Å². The van der Waals surface area contributed by atoms with Gasteiger partial charge in [0.05, 0.1) is 0 Å². The summed E-state index contributed by atoms with van der Waals surface area (Å²) in [5, 5.41) is 8.01. The van der Waals surface area contributed by atoms with Gasteiger partial charge in [-0.1, -0.05) is 12.1 Å². The summed E-state index contributed by atoms with van der Waals surface area (Å²) in [4.78, 5) is 3.20. The van der Waals surface area contributed by atoms with Crippen LogP contribution in [0.3, 0.4) is 0 Å². The average molecular weight is 218 g/mol. The highest BCUT2D eigenvalue weighted by Gasteiger charge is 1.99. The minimum Gasteiger partial charge on any atom is -0.378 e. The van der Waals surface area contributed by atoms with Gasteiger partial charge in [0.2, 0.25) is 0 Å². The average Bonchev–Trinajstić information content (AvgIpc) is 2.27. The highest BCUT2D eigenvalue weighted by molar-refractivity contribution is 7.97. The number of rotatable bonds is 2. The molecular weight excluding hydrogens is 204 g/mol. The number of hydrogen-bond acceptors (Lipinski definition) is 3. The third kappa shape index (κ3) is 2.08. The van der Waals surface area contributed by atoms with Gasteiger partial charge in [-0.25, -0.2) is 0 Å². The summed E-state index contributed by atoms with van der Waals surface area (Å²) in [6.07, 6.45) is 0. The Morgan fingerprint density at radius 1 is 1.00 bits per heavy atom. The van der Waals surface area contributed by atoms with Crippen LogP contribution in [0, 0.1) is 0 Å². The second-order valence-corrected chi connectivity index (χ2v) is 4.41. The van der Waals surface area contributed by atoms with E-state index >= 15 is 0 Å². The smallest absolute Gasteiger partial charge is 0.0367 e. The van der Waals surface area contributed by atoms with Crippen LogP contribution in [0.4, 0.5) is 5.69 Å². The Bertz CT molecular complexity index is 480. The molecule has 78 valence electrons. The van der Waals surface area contributed by atoms with E-state index in [1.54, 1.807) is 0 Å². The van der Waals surface area contributed by atoms with Gasteiger partial charge in [0.1, 0.15) is 0 Å². The van der Waals surface area contributed by atoms with E-state index in [1.165, 1.54) is 28.4 Å². The largest absolute Gasteiger partial charge is 0.378 e. The van der Waals surface area contributed by atoms with E-state index in [2.05, 4.69) is 35.2 Å². The molecule has 0 saturated carbocycles.